The summed E-state index contributed by atoms with van der Waals surface area (Å²) in [4.78, 5) is 12.0. The fourth-order valence-corrected chi connectivity index (χ4v) is 2.36. The second-order valence-corrected chi connectivity index (χ2v) is 5.43. The van der Waals surface area contributed by atoms with Crippen LogP contribution < -0.4 is 5.32 Å². The van der Waals surface area contributed by atoms with Crippen molar-refractivity contribution in [3.05, 3.63) is 71.8 Å². The Kier molecular flexibility index (Phi) is 5.56. The summed E-state index contributed by atoms with van der Waals surface area (Å²) in [5.74, 6) is 0.395. The largest absolute Gasteiger partial charge is 0.355 e. The van der Waals surface area contributed by atoms with Gasteiger partial charge in [-0.15, -0.1) is 0 Å². The molecular formula is C19H23NO. The fourth-order valence-electron chi connectivity index (χ4n) is 2.36. The molecule has 0 aromatic heterocycles. The number of nitrogens with one attached hydrogen (secondary N) is 1. The summed E-state index contributed by atoms with van der Waals surface area (Å²) in [6, 6.07) is 20.7. The van der Waals surface area contributed by atoms with Crippen LogP contribution in [0.2, 0.25) is 0 Å². The van der Waals surface area contributed by atoms with Crippen LogP contribution >= 0.6 is 0 Å². The van der Waals surface area contributed by atoms with Gasteiger partial charge in [-0.25, -0.2) is 0 Å². The molecule has 21 heavy (non-hydrogen) atoms. The van der Waals surface area contributed by atoms with Gasteiger partial charge >= 0.3 is 0 Å². The summed E-state index contributed by atoms with van der Waals surface area (Å²) in [5, 5.41) is 3.09. The molecule has 0 spiro atoms. The van der Waals surface area contributed by atoms with Gasteiger partial charge < -0.3 is 5.32 Å². The third-order valence-corrected chi connectivity index (χ3v) is 3.94. The Hall–Kier alpha value is -2.09. The minimum absolute atomic E-state index is 0.0668. The molecule has 2 heteroatoms. The molecule has 0 saturated heterocycles. The third-order valence-electron chi connectivity index (χ3n) is 3.94. The van der Waals surface area contributed by atoms with Crippen molar-refractivity contribution in [3.63, 3.8) is 0 Å². The zero-order valence-electron chi connectivity index (χ0n) is 12.8. The molecule has 2 nitrogen and oxygen atoms in total. The molecule has 1 N–H and O–H groups in total. The smallest absolute Gasteiger partial charge is 0.222 e. The van der Waals surface area contributed by atoms with Crippen molar-refractivity contribution in [3.8, 4) is 0 Å². The van der Waals surface area contributed by atoms with Crippen molar-refractivity contribution >= 4 is 5.91 Å². The van der Waals surface area contributed by atoms with Crippen LogP contribution in [0.15, 0.2) is 60.7 Å². The summed E-state index contributed by atoms with van der Waals surface area (Å²) in [7, 11) is 0. The minimum Gasteiger partial charge on any atom is -0.355 e. The average Bonchev–Trinajstić information content (AvgIpc) is 2.56. The van der Waals surface area contributed by atoms with E-state index in [9.17, 15) is 4.79 Å². The van der Waals surface area contributed by atoms with E-state index in [4.69, 9.17) is 0 Å². The van der Waals surface area contributed by atoms with E-state index in [1.165, 1.54) is 11.1 Å². The topological polar surface area (TPSA) is 29.1 Å². The number of carbonyl (C=O) groups excluding carboxylic acids is 1. The van der Waals surface area contributed by atoms with E-state index in [-0.39, 0.29) is 17.7 Å². The Balaban J connectivity index is 2.16. The van der Waals surface area contributed by atoms with Crippen LogP contribution in [0.25, 0.3) is 0 Å². The molecule has 2 aromatic carbocycles. The Morgan fingerprint density at radius 1 is 0.952 bits per heavy atom. The maximum absolute atomic E-state index is 12.0. The average molecular weight is 281 g/mol. The van der Waals surface area contributed by atoms with Gasteiger partial charge in [-0.2, -0.15) is 0 Å². The molecule has 110 valence electrons. The highest BCUT2D eigenvalue weighted by molar-refractivity contribution is 5.78. The van der Waals surface area contributed by atoms with Gasteiger partial charge in [0.2, 0.25) is 5.91 Å². The molecule has 0 radical (unpaired) electrons. The Bertz CT molecular complexity index is 511. The van der Waals surface area contributed by atoms with Crippen LogP contribution in [0.3, 0.4) is 0 Å². The van der Waals surface area contributed by atoms with E-state index in [2.05, 4.69) is 29.6 Å². The van der Waals surface area contributed by atoms with E-state index >= 15 is 0 Å². The molecule has 0 saturated carbocycles. The lowest BCUT2D eigenvalue weighted by molar-refractivity contribution is -0.124. The highest BCUT2D eigenvalue weighted by atomic mass is 16.1. The first kappa shape index (κ1) is 15.3. The van der Waals surface area contributed by atoms with Crippen molar-refractivity contribution < 1.29 is 4.79 Å². The summed E-state index contributed by atoms with van der Waals surface area (Å²) in [6.07, 6.45) is 0.868. The standard InChI is InChI=1S/C19H23NO/c1-3-15(2)19(21)20-14-18(16-10-6-4-7-11-16)17-12-8-5-9-13-17/h4-13,15,18H,3,14H2,1-2H3,(H,20,21). The summed E-state index contributed by atoms with van der Waals surface area (Å²) in [6.45, 7) is 4.64. The summed E-state index contributed by atoms with van der Waals surface area (Å²) >= 11 is 0. The van der Waals surface area contributed by atoms with Gasteiger partial charge in [0.1, 0.15) is 0 Å². The van der Waals surface area contributed by atoms with Crippen molar-refractivity contribution in [1.29, 1.82) is 0 Å². The molecular weight excluding hydrogens is 258 g/mol. The Morgan fingerprint density at radius 3 is 1.86 bits per heavy atom. The number of rotatable bonds is 6. The van der Waals surface area contributed by atoms with Crippen molar-refractivity contribution in [2.45, 2.75) is 26.2 Å². The van der Waals surface area contributed by atoms with Gasteiger partial charge in [-0.1, -0.05) is 74.5 Å². The van der Waals surface area contributed by atoms with Crippen LogP contribution in [0.5, 0.6) is 0 Å². The molecule has 0 bridgehead atoms. The van der Waals surface area contributed by atoms with E-state index in [0.29, 0.717) is 6.54 Å². The van der Waals surface area contributed by atoms with E-state index < -0.39 is 0 Å². The first-order valence-corrected chi connectivity index (χ1v) is 7.60. The monoisotopic (exact) mass is 281 g/mol. The first-order chi connectivity index (χ1) is 10.2. The molecule has 2 aromatic rings. The van der Waals surface area contributed by atoms with Gasteiger partial charge in [0.25, 0.3) is 0 Å². The van der Waals surface area contributed by atoms with E-state index in [0.717, 1.165) is 6.42 Å². The van der Waals surface area contributed by atoms with Crippen LogP contribution in [0.1, 0.15) is 37.3 Å². The highest BCUT2D eigenvalue weighted by Gasteiger charge is 2.16. The highest BCUT2D eigenvalue weighted by Crippen LogP contribution is 2.23. The minimum atomic E-state index is 0.0668. The molecule has 0 fully saturated rings. The molecule has 0 aliphatic rings. The summed E-state index contributed by atoms with van der Waals surface area (Å²) in [5.41, 5.74) is 2.46. The van der Waals surface area contributed by atoms with Gasteiger partial charge in [0.15, 0.2) is 0 Å². The van der Waals surface area contributed by atoms with E-state index in [1.54, 1.807) is 0 Å². The van der Waals surface area contributed by atoms with Gasteiger partial charge in [-0.3, -0.25) is 4.79 Å². The third kappa shape index (κ3) is 4.19. The van der Waals surface area contributed by atoms with Crippen LogP contribution in [0.4, 0.5) is 0 Å². The molecule has 1 unspecified atom stereocenters. The van der Waals surface area contributed by atoms with E-state index in [1.807, 2.05) is 50.2 Å². The molecule has 0 aliphatic carbocycles. The summed E-state index contributed by atoms with van der Waals surface area (Å²) < 4.78 is 0. The number of hydrogen-bond acceptors (Lipinski definition) is 1. The molecule has 2 rings (SSSR count). The fraction of sp³-hybridized carbons (Fsp3) is 0.316. The molecule has 1 amide bonds. The number of amides is 1. The first-order valence-electron chi connectivity index (χ1n) is 7.60. The Labute approximate surface area is 127 Å². The van der Waals surface area contributed by atoms with Crippen molar-refractivity contribution in [1.82, 2.24) is 5.32 Å². The predicted octanol–water partition coefficient (Wildman–Crippen LogP) is 3.98. The van der Waals surface area contributed by atoms with Crippen LogP contribution in [0, 0.1) is 5.92 Å². The number of carbonyl (C=O) groups is 1. The quantitative estimate of drug-likeness (QED) is 0.852. The lowest BCUT2D eigenvalue weighted by atomic mass is 9.91. The molecule has 0 aliphatic heterocycles. The van der Waals surface area contributed by atoms with Crippen molar-refractivity contribution in [2.75, 3.05) is 6.54 Å². The lowest BCUT2D eigenvalue weighted by Gasteiger charge is -2.20. The van der Waals surface area contributed by atoms with Crippen molar-refractivity contribution in [2.24, 2.45) is 5.92 Å². The second-order valence-electron chi connectivity index (χ2n) is 5.43. The van der Waals surface area contributed by atoms with Gasteiger partial charge in [0, 0.05) is 18.4 Å². The normalized spacial score (nSPS) is 12.1. The zero-order chi connectivity index (χ0) is 15.1. The maximum atomic E-state index is 12.0. The van der Waals surface area contributed by atoms with Crippen LogP contribution in [-0.2, 0) is 4.79 Å². The maximum Gasteiger partial charge on any atom is 0.222 e. The lowest BCUT2D eigenvalue weighted by Crippen LogP contribution is -2.32. The Morgan fingerprint density at radius 2 is 1.43 bits per heavy atom. The van der Waals surface area contributed by atoms with Gasteiger partial charge in [0.05, 0.1) is 0 Å². The number of hydrogen-bond donors (Lipinski definition) is 1. The van der Waals surface area contributed by atoms with Crippen LogP contribution in [-0.4, -0.2) is 12.5 Å². The zero-order valence-corrected chi connectivity index (χ0v) is 12.8. The second kappa shape index (κ2) is 7.63. The number of benzene rings is 2. The van der Waals surface area contributed by atoms with Gasteiger partial charge in [-0.05, 0) is 17.5 Å². The predicted molar refractivity (Wildman–Crippen MR) is 87.2 cm³/mol. The molecule has 0 heterocycles. The SMILES string of the molecule is CCC(C)C(=O)NCC(c1ccccc1)c1ccccc1. The molecule has 1 atom stereocenters.